The quantitative estimate of drug-likeness (QED) is 0.375. The smallest absolute Gasteiger partial charge is 0.183 e. The molecule has 1 aliphatic rings. The van der Waals surface area contributed by atoms with Crippen LogP contribution in [0.2, 0.25) is 0 Å². The Morgan fingerprint density at radius 1 is 1.11 bits per heavy atom. The van der Waals surface area contributed by atoms with E-state index in [2.05, 4.69) is 4.74 Å². The third kappa shape index (κ3) is 1.07. The van der Waals surface area contributed by atoms with Crippen LogP contribution in [-0.2, 0) is 4.74 Å². The molecule has 1 fully saturated rings. The molecule has 4 nitrogen and oxygen atoms in total. The van der Waals surface area contributed by atoms with Gasteiger partial charge in [0.15, 0.2) is 6.29 Å². The summed E-state index contributed by atoms with van der Waals surface area (Å²) in [5, 5.41) is 26.4. The zero-order valence-electron chi connectivity index (χ0n) is 5.06. The summed E-state index contributed by atoms with van der Waals surface area (Å²) >= 11 is 0. The van der Waals surface area contributed by atoms with Gasteiger partial charge in [0.05, 0.1) is 6.10 Å². The molecule has 0 saturated carbocycles. The van der Waals surface area contributed by atoms with Gasteiger partial charge in [-0.05, 0) is 6.92 Å². The molecule has 54 valence electrons. The van der Waals surface area contributed by atoms with Crippen molar-refractivity contribution in [3.05, 3.63) is 0 Å². The molecule has 0 amide bonds. The third-order valence-electron chi connectivity index (χ3n) is 1.48. The van der Waals surface area contributed by atoms with Crippen LogP contribution in [0.1, 0.15) is 6.92 Å². The minimum atomic E-state index is -1.23. The van der Waals surface area contributed by atoms with Crippen LogP contribution >= 0.6 is 0 Å². The molecule has 4 heteroatoms. The maximum atomic E-state index is 8.90. The molecule has 9 heavy (non-hydrogen) atoms. The van der Waals surface area contributed by atoms with Gasteiger partial charge >= 0.3 is 0 Å². The molecular formula is C5H10O4. The Kier molecular flexibility index (Phi) is 1.72. The SMILES string of the molecule is C[C@H]1O[C@@H](O)C(O)[C@@H]1O. The number of aliphatic hydroxyl groups is 3. The number of ether oxygens (including phenoxy) is 1. The summed E-state index contributed by atoms with van der Waals surface area (Å²) in [5.74, 6) is 0. The van der Waals surface area contributed by atoms with Crippen LogP contribution in [0.15, 0.2) is 0 Å². The maximum absolute atomic E-state index is 8.90. The Bertz CT molecular complexity index is 93.1. The van der Waals surface area contributed by atoms with Crippen LogP contribution in [0.3, 0.4) is 0 Å². The summed E-state index contributed by atoms with van der Waals surface area (Å²) in [6, 6.07) is 0. The Morgan fingerprint density at radius 3 is 1.78 bits per heavy atom. The maximum Gasteiger partial charge on any atom is 0.183 e. The van der Waals surface area contributed by atoms with Crippen molar-refractivity contribution in [2.45, 2.75) is 31.5 Å². The van der Waals surface area contributed by atoms with Gasteiger partial charge in [-0.2, -0.15) is 0 Å². The largest absolute Gasteiger partial charge is 0.388 e. The van der Waals surface area contributed by atoms with E-state index in [1.807, 2.05) is 0 Å². The van der Waals surface area contributed by atoms with E-state index in [9.17, 15) is 0 Å². The van der Waals surface area contributed by atoms with Crippen LogP contribution in [-0.4, -0.2) is 39.9 Å². The normalized spacial score (nSPS) is 52.0. The molecule has 3 N–H and O–H groups in total. The molecule has 1 heterocycles. The molecule has 0 aromatic rings. The van der Waals surface area contributed by atoms with Crippen molar-refractivity contribution in [2.24, 2.45) is 0 Å². The molecule has 0 radical (unpaired) electrons. The fourth-order valence-electron chi connectivity index (χ4n) is 0.827. The lowest BCUT2D eigenvalue weighted by molar-refractivity contribution is -0.124. The van der Waals surface area contributed by atoms with Crippen molar-refractivity contribution in [1.29, 1.82) is 0 Å². The average molecular weight is 134 g/mol. The predicted octanol–water partition coefficient (Wildman–Crippen LogP) is -1.55. The lowest BCUT2D eigenvalue weighted by Crippen LogP contribution is -2.31. The van der Waals surface area contributed by atoms with Crippen molar-refractivity contribution in [3.8, 4) is 0 Å². The first-order chi connectivity index (χ1) is 4.13. The molecule has 0 spiro atoms. The summed E-state index contributed by atoms with van der Waals surface area (Å²) in [5.41, 5.74) is 0. The standard InChI is InChI=1S/C5H10O4/c1-2-3(6)4(7)5(8)9-2/h2-8H,1H3/t2-,3-,4?,5-/m1/s1. The summed E-state index contributed by atoms with van der Waals surface area (Å²) in [7, 11) is 0. The number of hydrogen-bond acceptors (Lipinski definition) is 4. The van der Waals surface area contributed by atoms with Gasteiger partial charge in [0.2, 0.25) is 0 Å². The zero-order chi connectivity index (χ0) is 7.02. The van der Waals surface area contributed by atoms with Gasteiger partial charge in [-0.3, -0.25) is 0 Å². The highest BCUT2D eigenvalue weighted by molar-refractivity contribution is 4.82. The molecule has 0 bridgehead atoms. The number of aliphatic hydroxyl groups excluding tert-OH is 3. The van der Waals surface area contributed by atoms with Crippen molar-refractivity contribution >= 4 is 0 Å². The second kappa shape index (κ2) is 2.22. The van der Waals surface area contributed by atoms with E-state index in [1.54, 1.807) is 6.92 Å². The third-order valence-corrected chi connectivity index (χ3v) is 1.48. The van der Waals surface area contributed by atoms with Gasteiger partial charge in [0.1, 0.15) is 12.2 Å². The first kappa shape index (κ1) is 6.95. The Labute approximate surface area is 52.7 Å². The monoisotopic (exact) mass is 134 g/mol. The molecule has 1 unspecified atom stereocenters. The van der Waals surface area contributed by atoms with Crippen LogP contribution < -0.4 is 0 Å². The first-order valence-corrected chi connectivity index (χ1v) is 2.82. The summed E-state index contributed by atoms with van der Waals surface area (Å²) < 4.78 is 4.64. The van der Waals surface area contributed by atoms with Gasteiger partial charge in [-0.1, -0.05) is 0 Å². The van der Waals surface area contributed by atoms with E-state index in [-0.39, 0.29) is 0 Å². The summed E-state index contributed by atoms with van der Waals surface area (Å²) in [6.45, 7) is 1.59. The minimum absolute atomic E-state index is 0.477. The highest BCUT2D eigenvalue weighted by atomic mass is 16.6. The lowest BCUT2D eigenvalue weighted by Gasteiger charge is -2.07. The molecule has 0 aliphatic carbocycles. The topological polar surface area (TPSA) is 69.9 Å². The highest BCUT2D eigenvalue weighted by Gasteiger charge is 2.38. The predicted molar refractivity (Wildman–Crippen MR) is 28.6 cm³/mol. The van der Waals surface area contributed by atoms with Gasteiger partial charge in [0.25, 0.3) is 0 Å². The summed E-state index contributed by atoms with van der Waals surface area (Å²) in [6.07, 6.45) is -3.81. The van der Waals surface area contributed by atoms with Gasteiger partial charge in [0, 0.05) is 0 Å². The zero-order valence-corrected chi connectivity index (χ0v) is 5.06. The number of hydrogen-bond donors (Lipinski definition) is 3. The highest BCUT2D eigenvalue weighted by Crippen LogP contribution is 2.18. The van der Waals surface area contributed by atoms with Crippen molar-refractivity contribution in [3.63, 3.8) is 0 Å². The van der Waals surface area contributed by atoms with E-state index in [0.29, 0.717) is 0 Å². The number of rotatable bonds is 0. The average Bonchev–Trinajstić information content (AvgIpc) is 1.98. The van der Waals surface area contributed by atoms with Gasteiger partial charge in [-0.25, -0.2) is 0 Å². The van der Waals surface area contributed by atoms with E-state index in [1.165, 1.54) is 0 Å². The van der Waals surface area contributed by atoms with Gasteiger partial charge < -0.3 is 20.1 Å². The Balaban J connectivity index is 2.54. The molecular weight excluding hydrogens is 124 g/mol. The Hall–Kier alpha value is -0.160. The van der Waals surface area contributed by atoms with E-state index in [4.69, 9.17) is 15.3 Å². The second-order valence-corrected chi connectivity index (χ2v) is 2.21. The van der Waals surface area contributed by atoms with E-state index < -0.39 is 24.6 Å². The van der Waals surface area contributed by atoms with Crippen molar-refractivity contribution in [1.82, 2.24) is 0 Å². The van der Waals surface area contributed by atoms with Crippen LogP contribution in [0.4, 0.5) is 0 Å². The second-order valence-electron chi connectivity index (χ2n) is 2.21. The van der Waals surface area contributed by atoms with Crippen molar-refractivity contribution in [2.75, 3.05) is 0 Å². The molecule has 0 aromatic carbocycles. The van der Waals surface area contributed by atoms with Crippen LogP contribution in [0.25, 0.3) is 0 Å². The molecule has 1 aliphatic heterocycles. The van der Waals surface area contributed by atoms with Gasteiger partial charge in [-0.15, -0.1) is 0 Å². The van der Waals surface area contributed by atoms with E-state index >= 15 is 0 Å². The van der Waals surface area contributed by atoms with Crippen LogP contribution in [0, 0.1) is 0 Å². The molecule has 4 atom stereocenters. The fourth-order valence-corrected chi connectivity index (χ4v) is 0.827. The summed E-state index contributed by atoms with van der Waals surface area (Å²) in [4.78, 5) is 0. The molecule has 1 rings (SSSR count). The molecule has 1 saturated heterocycles. The fraction of sp³-hybridized carbons (Fsp3) is 1.00. The first-order valence-electron chi connectivity index (χ1n) is 2.82. The molecule has 0 aromatic heterocycles. The minimum Gasteiger partial charge on any atom is -0.388 e. The van der Waals surface area contributed by atoms with Crippen molar-refractivity contribution < 1.29 is 20.1 Å². The Morgan fingerprint density at radius 2 is 1.67 bits per heavy atom. The van der Waals surface area contributed by atoms with E-state index in [0.717, 1.165) is 0 Å². The lowest BCUT2D eigenvalue weighted by atomic mass is 10.2. The van der Waals surface area contributed by atoms with Crippen LogP contribution in [0.5, 0.6) is 0 Å².